The molecule has 124 valence electrons. The molecule has 4 N–H and O–H groups in total. The molecule has 2 heterocycles. The van der Waals surface area contributed by atoms with Gasteiger partial charge in [0, 0.05) is 56.1 Å². The lowest BCUT2D eigenvalue weighted by Gasteiger charge is -2.37. The molecule has 1 amide bonds. The zero-order valence-corrected chi connectivity index (χ0v) is 13.4. The number of fused-ring (bicyclic) bond motifs is 1. The van der Waals surface area contributed by atoms with Crippen molar-refractivity contribution in [3.05, 3.63) is 18.3 Å². The van der Waals surface area contributed by atoms with Crippen LogP contribution in [0.4, 0.5) is 11.5 Å². The number of carbonyl (C=O) groups is 1. The lowest BCUT2D eigenvalue weighted by Crippen LogP contribution is -2.44. The van der Waals surface area contributed by atoms with E-state index in [1.165, 1.54) is 0 Å². The maximum atomic E-state index is 12.5. The number of aromatic nitrogens is 1. The number of rotatable bonds is 3. The molecule has 2 saturated carbocycles. The zero-order chi connectivity index (χ0) is 15.8. The van der Waals surface area contributed by atoms with E-state index in [0.717, 1.165) is 51.1 Å². The molecule has 1 aliphatic heterocycles. The topological polar surface area (TPSA) is 83.3 Å². The molecule has 0 spiro atoms. The van der Waals surface area contributed by atoms with Crippen molar-refractivity contribution in [1.29, 1.82) is 0 Å². The normalized spacial score (nSPS) is 33.0. The van der Waals surface area contributed by atoms with E-state index in [9.17, 15) is 4.79 Å². The maximum absolute atomic E-state index is 12.5. The number of nitrogens with zero attached hydrogens (tertiary/aromatic N) is 2. The minimum atomic E-state index is 0.100. The quantitative estimate of drug-likeness (QED) is 0.768. The summed E-state index contributed by atoms with van der Waals surface area (Å²) >= 11 is 0. The summed E-state index contributed by atoms with van der Waals surface area (Å²) in [5, 5.41) is 6.36. The fourth-order valence-electron chi connectivity index (χ4n) is 4.33. The molecule has 3 aliphatic rings. The molecule has 23 heavy (non-hydrogen) atoms. The van der Waals surface area contributed by atoms with Crippen LogP contribution in [0.5, 0.6) is 0 Å². The Bertz CT molecular complexity index is 586. The fourth-order valence-corrected chi connectivity index (χ4v) is 4.33. The molecule has 1 saturated heterocycles. The van der Waals surface area contributed by atoms with E-state index >= 15 is 0 Å². The van der Waals surface area contributed by atoms with E-state index in [-0.39, 0.29) is 11.8 Å². The molecule has 2 aliphatic carbocycles. The Morgan fingerprint density at radius 1 is 1.30 bits per heavy atom. The minimum Gasteiger partial charge on any atom is -0.369 e. The molecule has 4 rings (SSSR count). The van der Waals surface area contributed by atoms with Gasteiger partial charge in [0.2, 0.25) is 5.91 Å². The van der Waals surface area contributed by atoms with E-state index in [1.807, 2.05) is 12.1 Å². The molecule has 1 aromatic heterocycles. The van der Waals surface area contributed by atoms with Crippen molar-refractivity contribution in [3.8, 4) is 0 Å². The van der Waals surface area contributed by atoms with Crippen LogP contribution in [-0.4, -0.2) is 43.1 Å². The zero-order valence-electron chi connectivity index (χ0n) is 13.4. The predicted molar refractivity (Wildman–Crippen MR) is 90.2 cm³/mol. The van der Waals surface area contributed by atoms with Gasteiger partial charge in [-0.25, -0.2) is 4.98 Å². The highest BCUT2D eigenvalue weighted by atomic mass is 16.1. The van der Waals surface area contributed by atoms with E-state index in [0.29, 0.717) is 23.7 Å². The van der Waals surface area contributed by atoms with Gasteiger partial charge in [0.25, 0.3) is 0 Å². The van der Waals surface area contributed by atoms with Crippen LogP contribution in [0.3, 0.4) is 0 Å². The molecule has 1 aromatic rings. The molecular formula is C17H25N5O. The number of pyridine rings is 1. The standard InChI is InChI=1S/C17H25N5O/c18-15-9-11-7-12(8-14(11)15)17(23)21-16-10-13(1-2-20-16)22-5-3-19-4-6-22/h1-2,10-12,14-15,19H,3-9,18H2,(H,20,21,23)/t11-,12?,14-,15+/m0/s1. The molecule has 4 atom stereocenters. The molecule has 0 aromatic carbocycles. The van der Waals surface area contributed by atoms with Gasteiger partial charge < -0.3 is 21.3 Å². The third-order valence-corrected chi connectivity index (χ3v) is 5.72. The SMILES string of the molecule is N[C@@H]1C[C@@H]2CC(C(=O)Nc3cc(N4CCNCC4)ccn3)C[C@@H]21. The lowest BCUT2D eigenvalue weighted by atomic mass is 9.72. The van der Waals surface area contributed by atoms with Crippen molar-refractivity contribution >= 4 is 17.4 Å². The van der Waals surface area contributed by atoms with Crippen molar-refractivity contribution < 1.29 is 4.79 Å². The summed E-state index contributed by atoms with van der Waals surface area (Å²) in [6.07, 6.45) is 4.79. The van der Waals surface area contributed by atoms with Crippen molar-refractivity contribution in [2.45, 2.75) is 25.3 Å². The van der Waals surface area contributed by atoms with Crippen molar-refractivity contribution in [3.63, 3.8) is 0 Å². The van der Waals surface area contributed by atoms with Crippen LogP contribution in [0.2, 0.25) is 0 Å². The summed E-state index contributed by atoms with van der Waals surface area (Å²) in [4.78, 5) is 19.1. The first-order valence-electron chi connectivity index (χ1n) is 8.69. The first kappa shape index (κ1) is 14.9. The predicted octanol–water partition coefficient (Wildman–Crippen LogP) is 0.803. The second-order valence-corrected chi connectivity index (χ2v) is 7.12. The number of nitrogens with one attached hydrogen (secondary N) is 2. The van der Waals surface area contributed by atoms with Gasteiger partial charge >= 0.3 is 0 Å². The van der Waals surface area contributed by atoms with E-state index in [2.05, 4.69) is 20.5 Å². The third kappa shape index (κ3) is 2.93. The van der Waals surface area contributed by atoms with Crippen LogP contribution in [0, 0.1) is 17.8 Å². The summed E-state index contributed by atoms with van der Waals surface area (Å²) in [6, 6.07) is 4.31. The molecule has 0 radical (unpaired) electrons. The van der Waals surface area contributed by atoms with Gasteiger partial charge in [-0.05, 0) is 37.2 Å². The van der Waals surface area contributed by atoms with Gasteiger partial charge in [-0.15, -0.1) is 0 Å². The van der Waals surface area contributed by atoms with Crippen molar-refractivity contribution in [2.24, 2.45) is 23.5 Å². The van der Waals surface area contributed by atoms with E-state index in [4.69, 9.17) is 5.73 Å². The number of nitrogens with two attached hydrogens (primary N) is 1. The van der Waals surface area contributed by atoms with Crippen LogP contribution in [-0.2, 0) is 4.79 Å². The summed E-state index contributed by atoms with van der Waals surface area (Å²) < 4.78 is 0. The monoisotopic (exact) mass is 315 g/mol. The second kappa shape index (κ2) is 6.09. The molecule has 1 unspecified atom stereocenters. The van der Waals surface area contributed by atoms with Gasteiger partial charge in [-0.3, -0.25) is 4.79 Å². The summed E-state index contributed by atoms with van der Waals surface area (Å²) in [6.45, 7) is 3.97. The van der Waals surface area contributed by atoms with Gasteiger partial charge in [0.1, 0.15) is 5.82 Å². The Morgan fingerprint density at radius 3 is 2.87 bits per heavy atom. The number of anilines is 2. The molecule has 6 heteroatoms. The lowest BCUT2D eigenvalue weighted by molar-refractivity contribution is -0.119. The maximum Gasteiger partial charge on any atom is 0.228 e. The summed E-state index contributed by atoms with van der Waals surface area (Å²) in [7, 11) is 0. The van der Waals surface area contributed by atoms with Crippen molar-refractivity contribution in [2.75, 3.05) is 36.4 Å². The Hall–Kier alpha value is -1.66. The number of amides is 1. The number of hydrogen-bond donors (Lipinski definition) is 3. The summed E-state index contributed by atoms with van der Waals surface area (Å²) in [5.41, 5.74) is 7.16. The molecule has 6 nitrogen and oxygen atoms in total. The van der Waals surface area contributed by atoms with Crippen LogP contribution in [0.25, 0.3) is 0 Å². The Kier molecular flexibility index (Phi) is 3.95. The Balaban J connectivity index is 1.39. The van der Waals surface area contributed by atoms with Crippen molar-refractivity contribution in [1.82, 2.24) is 10.3 Å². The Labute approximate surface area is 136 Å². The van der Waals surface area contributed by atoms with E-state index in [1.54, 1.807) is 6.20 Å². The second-order valence-electron chi connectivity index (χ2n) is 7.12. The van der Waals surface area contributed by atoms with E-state index < -0.39 is 0 Å². The largest absolute Gasteiger partial charge is 0.369 e. The smallest absolute Gasteiger partial charge is 0.228 e. The highest BCUT2D eigenvalue weighted by Crippen LogP contribution is 2.49. The van der Waals surface area contributed by atoms with Gasteiger partial charge in [0.15, 0.2) is 0 Å². The van der Waals surface area contributed by atoms with Gasteiger partial charge in [-0.2, -0.15) is 0 Å². The molecule has 3 fully saturated rings. The minimum absolute atomic E-state index is 0.100. The van der Waals surface area contributed by atoms with Crippen LogP contribution in [0.1, 0.15) is 19.3 Å². The van der Waals surface area contributed by atoms with Crippen LogP contribution in [0.15, 0.2) is 18.3 Å². The van der Waals surface area contributed by atoms with Crippen LogP contribution < -0.4 is 21.3 Å². The average Bonchev–Trinajstić information content (AvgIpc) is 2.93. The molecular weight excluding hydrogens is 290 g/mol. The number of piperazine rings is 1. The highest BCUT2D eigenvalue weighted by Gasteiger charge is 2.47. The first-order valence-corrected chi connectivity index (χ1v) is 8.69. The third-order valence-electron chi connectivity index (χ3n) is 5.72. The average molecular weight is 315 g/mol. The van der Waals surface area contributed by atoms with Gasteiger partial charge in [-0.1, -0.05) is 0 Å². The van der Waals surface area contributed by atoms with Gasteiger partial charge in [0.05, 0.1) is 0 Å². The number of carbonyl (C=O) groups excluding carboxylic acids is 1. The number of hydrogen-bond acceptors (Lipinski definition) is 5. The Morgan fingerprint density at radius 2 is 2.13 bits per heavy atom. The summed E-state index contributed by atoms with van der Waals surface area (Å²) in [5.74, 6) is 2.10. The first-order chi connectivity index (χ1) is 11.2. The highest BCUT2D eigenvalue weighted by molar-refractivity contribution is 5.92. The molecule has 0 bridgehead atoms. The fraction of sp³-hybridized carbons (Fsp3) is 0.647. The van der Waals surface area contributed by atoms with Crippen LogP contribution >= 0.6 is 0 Å².